The van der Waals surface area contributed by atoms with E-state index in [9.17, 15) is 14.4 Å². The summed E-state index contributed by atoms with van der Waals surface area (Å²) < 4.78 is 5.37. The molecule has 0 radical (unpaired) electrons. The molecule has 0 bridgehead atoms. The van der Waals surface area contributed by atoms with Gasteiger partial charge >= 0.3 is 0 Å². The van der Waals surface area contributed by atoms with Gasteiger partial charge in [-0.2, -0.15) is 0 Å². The zero-order valence-electron chi connectivity index (χ0n) is 17.5. The van der Waals surface area contributed by atoms with E-state index in [-0.39, 0.29) is 18.2 Å². The number of carbonyl (C=O) groups is 3. The number of methoxy groups -OCH3 is 1. The molecule has 1 aromatic carbocycles. The summed E-state index contributed by atoms with van der Waals surface area (Å²) >= 11 is 0. The third-order valence-corrected chi connectivity index (χ3v) is 5.62. The molecule has 1 unspecified atom stereocenters. The van der Waals surface area contributed by atoms with E-state index in [0.717, 1.165) is 24.1 Å². The number of rotatable bonds is 7. The van der Waals surface area contributed by atoms with E-state index in [0.29, 0.717) is 45.8 Å². The fourth-order valence-electron chi connectivity index (χ4n) is 3.91. The second-order valence-electron chi connectivity index (χ2n) is 7.53. The Labute approximate surface area is 177 Å². The number of hydrogen-bond acceptors (Lipinski definition) is 5. The van der Waals surface area contributed by atoms with Crippen molar-refractivity contribution in [3.8, 4) is 5.75 Å². The Bertz CT molecular complexity index is 782. The predicted molar refractivity (Wildman–Crippen MR) is 114 cm³/mol. The van der Waals surface area contributed by atoms with Crippen molar-refractivity contribution in [1.29, 1.82) is 0 Å². The lowest BCUT2D eigenvalue weighted by atomic mass is 10.1. The zero-order chi connectivity index (χ0) is 21.3. The predicted octanol–water partition coefficient (Wildman–Crippen LogP) is 0.590. The summed E-state index contributed by atoms with van der Waals surface area (Å²) in [5.74, 6) is 0.649. The third kappa shape index (κ3) is 5.60. The van der Waals surface area contributed by atoms with Crippen LogP contribution in [0, 0.1) is 0 Å². The average Bonchev–Trinajstić information content (AvgIpc) is 3.02. The standard InChI is InChI=1S/C22H30N4O4/c1-30-20-8-3-2-6-18(20)7-4-11-25-13-9-23-22(29)19(25)16-21(28)26-12-5-10-24(17-27)14-15-26/h2-4,6-8,17,19H,5,9-16H2,1H3,(H,23,29). The Hall–Kier alpha value is -2.87. The second kappa shape index (κ2) is 10.8. The average molecular weight is 415 g/mol. The first-order chi connectivity index (χ1) is 14.6. The Morgan fingerprint density at radius 1 is 1.20 bits per heavy atom. The molecule has 8 heteroatoms. The van der Waals surface area contributed by atoms with Crippen LogP contribution in [0.1, 0.15) is 18.4 Å². The summed E-state index contributed by atoms with van der Waals surface area (Å²) in [4.78, 5) is 41.8. The Morgan fingerprint density at radius 3 is 2.83 bits per heavy atom. The molecule has 3 amide bonds. The minimum atomic E-state index is -0.487. The third-order valence-electron chi connectivity index (χ3n) is 5.62. The molecule has 30 heavy (non-hydrogen) atoms. The molecule has 2 aliphatic heterocycles. The molecule has 3 rings (SSSR count). The molecule has 0 saturated carbocycles. The van der Waals surface area contributed by atoms with Gasteiger partial charge in [0.25, 0.3) is 0 Å². The van der Waals surface area contributed by atoms with Gasteiger partial charge in [-0.15, -0.1) is 0 Å². The van der Waals surface area contributed by atoms with Gasteiger partial charge in [0.15, 0.2) is 0 Å². The number of nitrogens with one attached hydrogen (secondary N) is 1. The first-order valence-corrected chi connectivity index (χ1v) is 10.4. The zero-order valence-corrected chi connectivity index (χ0v) is 17.5. The largest absolute Gasteiger partial charge is 0.496 e. The van der Waals surface area contributed by atoms with Crippen LogP contribution in [0.3, 0.4) is 0 Å². The summed E-state index contributed by atoms with van der Waals surface area (Å²) in [6.45, 7) is 4.17. The van der Waals surface area contributed by atoms with Gasteiger partial charge in [0.1, 0.15) is 5.75 Å². The van der Waals surface area contributed by atoms with Crippen LogP contribution in [0.25, 0.3) is 6.08 Å². The van der Waals surface area contributed by atoms with Crippen LogP contribution in [0.5, 0.6) is 5.75 Å². The maximum Gasteiger partial charge on any atom is 0.237 e. The molecular weight excluding hydrogens is 384 g/mol. The highest BCUT2D eigenvalue weighted by Gasteiger charge is 2.32. The highest BCUT2D eigenvalue weighted by atomic mass is 16.5. The summed E-state index contributed by atoms with van der Waals surface area (Å²) in [6, 6.07) is 7.26. The first kappa shape index (κ1) is 21.8. The van der Waals surface area contributed by atoms with Crippen LogP contribution in [0.2, 0.25) is 0 Å². The van der Waals surface area contributed by atoms with E-state index >= 15 is 0 Å². The van der Waals surface area contributed by atoms with Gasteiger partial charge in [-0.05, 0) is 12.5 Å². The van der Waals surface area contributed by atoms with E-state index in [1.54, 1.807) is 16.9 Å². The van der Waals surface area contributed by atoms with Crippen LogP contribution in [0.15, 0.2) is 30.3 Å². The van der Waals surface area contributed by atoms with Crippen molar-refractivity contribution in [1.82, 2.24) is 20.0 Å². The fourth-order valence-corrected chi connectivity index (χ4v) is 3.91. The van der Waals surface area contributed by atoms with E-state index in [1.807, 2.05) is 41.3 Å². The van der Waals surface area contributed by atoms with Crippen molar-refractivity contribution in [2.24, 2.45) is 0 Å². The molecule has 162 valence electrons. The lowest BCUT2D eigenvalue weighted by Crippen LogP contribution is -2.56. The number of carbonyl (C=O) groups excluding carboxylic acids is 3. The van der Waals surface area contributed by atoms with Crippen LogP contribution >= 0.6 is 0 Å². The molecule has 1 N–H and O–H groups in total. The fraction of sp³-hybridized carbons (Fsp3) is 0.500. The Balaban J connectivity index is 1.61. The van der Waals surface area contributed by atoms with Gasteiger partial charge in [0, 0.05) is 51.4 Å². The number of para-hydroxylation sites is 1. The molecule has 2 aliphatic rings. The number of hydrogen-bond donors (Lipinski definition) is 1. The second-order valence-corrected chi connectivity index (χ2v) is 7.53. The van der Waals surface area contributed by atoms with Gasteiger partial charge in [0.2, 0.25) is 18.2 Å². The summed E-state index contributed by atoms with van der Waals surface area (Å²) in [5, 5.41) is 2.88. The SMILES string of the molecule is COc1ccccc1C=CCN1CCNC(=O)C1CC(=O)N1CCCN(C=O)CC1. The Kier molecular flexibility index (Phi) is 7.84. The minimum absolute atomic E-state index is 0.0384. The monoisotopic (exact) mass is 414 g/mol. The van der Waals surface area contributed by atoms with Crippen LogP contribution in [-0.4, -0.2) is 91.9 Å². The molecule has 1 aromatic rings. The molecule has 2 fully saturated rings. The van der Waals surface area contributed by atoms with Gasteiger partial charge in [-0.3, -0.25) is 19.3 Å². The van der Waals surface area contributed by atoms with E-state index in [4.69, 9.17) is 4.74 Å². The van der Waals surface area contributed by atoms with Crippen molar-refractivity contribution in [2.75, 3.05) is 52.9 Å². The topological polar surface area (TPSA) is 82.2 Å². The number of ether oxygens (including phenoxy) is 1. The maximum atomic E-state index is 12.9. The molecule has 1 atom stereocenters. The summed E-state index contributed by atoms with van der Waals surface area (Å²) in [5.41, 5.74) is 0.971. The van der Waals surface area contributed by atoms with Crippen LogP contribution in [-0.2, 0) is 14.4 Å². The molecular formula is C22H30N4O4. The van der Waals surface area contributed by atoms with Crippen LogP contribution in [0.4, 0.5) is 0 Å². The van der Waals surface area contributed by atoms with Crippen molar-refractivity contribution in [3.05, 3.63) is 35.9 Å². The summed E-state index contributed by atoms with van der Waals surface area (Å²) in [6.07, 6.45) is 5.72. The van der Waals surface area contributed by atoms with Gasteiger partial charge < -0.3 is 19.9 Å². The van der Waals surface area contributed by atoms with Crippen molar-refractivity contribution >= 4 is 24.3 Å². The number of piperazine rings is 1. The number of amides is 3. The molecule has 2 heterocycles. The van der Waals surface area contributed by atoms with E-state index < -0.39 is 6.04 Å². The molecule has 0 aromatic heterocycles. The first-order valence-electron chi connectivity index (χ1n) is 10.4. The van der Waals surface area contributed by atoms with E-state index in [2.05, 4.69) is 5.32 Å². The van der Waals surface area contributed by atoms with Crippen LogP contribution < -0.4 is 10.1 Å². The highest BCUT2D eigenvalue weighted by molar-refractivity contribution is 5.89. The normalized spacial score (nSPS) is 20.7. The highest BCUT2D eigenvalue weighted by Crippen LogP contribution is 2.19. The summed E-state index contributed by atoms with van der Waals surface area (Å²) in [7, 11) is 1.64. The smallest absolute Gasteiger partial charge is 0.237 e. The van der Waals surface area contributed by atoms with Gasteiger partial charge in [0.05, 0.1) is 19.6 Å². The molecule has 0 aliphatic carbocycles. The number of benzene rings is 1. The van der Waals surface area contributed by atoms with Crippen molar-refractivity contribution in [2.45, 2.75) is 18.9 Å². The minimum Gasteiger partial charge on any atom is -0.496 e. The quantitative estimate of drug-likeness (QED) is 0.661. The molecule has 2 saturated heterocycles. The van der Waals surface area contributed by atoms with Crippen molar-refractivity contribution < 1.29 is 19.1 Å². The lowest BCUT2D eigenvalue weighted by molar-refractivity contribution is -0.138. The molecule has 8 nitrogen and oxygen atoms in total. The van der Waals surface area contributed by atoms with Crippen molar-refractivity contribution in [3.63, 3.8) is 0 Å². The lowest BCUT2D eigenvalue weighted by Gasteiger charge is -2.35. The van der Waals surface area contributed by atoms with E-state index in [1.165, 1.54) is 0 Å². The number of nitrogens with zero attached hydrogens (tertiary/aromatic N) is 3. The maximum absolute atomic E-state index is 12.9. The Morgan fingerprint density at radius 2 is 2.03 bits per heavy atom. The van der Waals surface area contributed by atoms with Gasteiger partial charge in [-0.1, -0.05) is 30.4 Å². The molecule has 0 spiro atoms. The van der Waals surface area contributed by atoms with Gasteiger partial charge in [-0.25, -0.2) is 0 Å².